The highest BCUT2D eigenvalue weighted by Gasteiger charge is 2.01. The lowest BCUT2D eigenvalue weighted by Crippen LogP contribution is -2.28. The molecule has 0 atom stereocenters. The van der Waals surface area contributed by atoms with Gasteiger partial charge in [0.1, 0.15) is 0 Å². The Morgan fingerprint density at radius 1 is 1.12 bits per heavy atom. The van der Waals surface area contributed by atoms with Crippen LogP contribution in [0.25, 0.3) is 0 Å². The van der Waals surface area contributed by atoms with Crippen LogP contribution >= 0.6 is 0 Å². The normalized spacial score (nSPS) is 10.5. The van der Waals surface area contributed by atoms with Crippen molar-refractivity contribution < 1.29 is 9.53 Å². The summed E-state index contributed by atoms with van der Waals surface area (Å²) in [6.45, 7) is 7.58. The van der Waals surface area contributed by atoms with Crippen molar-refractivity contribution >= 4 is 6.09 Å². The molecule has 96 valence electrons. The van der Waals surface area contributed by atoms with E-state index in [2.05, 4.69) is 26.1 Å². The maximum atomic E-state index is 11.1. The van der Waals surface area contributed by atoms with E-state index in [1.165, 1.54) is 25.7 Å². The molecule has 0 rings (SSSR count). The molecule has 0 aliphatic rings. The molecule has 0 fully saturated rings. The summed E-state index contributed by atoms with van der Waals surface area (Å²) >= 11 is 0. The molecule has 0 heterocycles. The Balaban J connectivity index is 3.15. The van der Waals surface area contributed by atoms with Crippen LogP contribution in [0, 0.1) is 5.92 Å². The fourth-order valence-corrected chi connectivity index (χ4v) is 1.39. The standard InChI is InChI=1S/C13H27NO2/c1-4-5-6-7-8-9-10-16-13(15)14-11-12(2)3/h12H,4-11H2,1-3H3,(H,14,15). The third kappa shape index (κ3) is 11.3. The number of unbranched alkanes of at least 4 members (excludes halogenated alkanes) is 5. The van der Waals surface area contributed by atoms with Crippen molar-refractivity contribution in [3.63, 3.8) is 0 Å². The fraction of sp³-hybridized carbons (Fsp3) is 0.923. The lowest BCUT2D eigenvalue weighted by Gasteiger charge is -2.08. The highest BCUT2D eigenvalue weighted by Crippen LogP contribution is 2.04. The molecular formula is C13H27NO2. The van der Waals surface area contributed by atoms with Crippen LogP contribution in [0.4, 0.5) is 4.79 Å². The van der Waals surface area contributed by atoms with E-state index in [0.717, 1.165) is 12.8 Å². The summed E-state index contributed by atoms with van der Waals surface area (Å²) in [5.41, 5.74) is 0. The molecule has 0 saturated heterocycles. The van der Waals surface area contributed by atoms with Crippen LogP contribution in [0.3, 0.4) is 0 Å². The first kappa shape index (κ1) is 15.3. The molecule has 0 aromatic carbocycles. The van der Waals surface area contributed by atoms with Gasteiger partial charge in [-0.25, -0.2) is 4.79 Å². The largest absolute Gasteiger partial charge is 0.450 e. The highest BCUT2D eigenvalue weighted by molar-refractivity contribution is 5.66. The van der Waals surface area contributed by atoms with E-state index in [-0.39, 0.29) is 6.09 Å². The molecule has 1 N–H and O–H groups in total. The molecule has 0 saturated carbocycles. The summed E-state index contributed by atoms with van der Waals surface area (Å²) in [5.74, 6) is 0.474. The van der Waals surface area contributed by atoms with Gasteiger partial charge in [0.2, 0.25) is 0 Å². The first-order valence-electron chi connectivity index (χ1n) is 6.57. The number of ether oxygens (including phenoxy) is 1. The predicted molar refractivity (Wildman–Crippen MR) is 67.6 cm³/mol. The van der Waals surface area contributed by atoms with E-state index < -0.39 is 0 Å². The van der Waals surface area contributed by atoms with E-state index >= 15 is 0 Å². The van der Waals surface area contributed by atoms with E-state index in [0.29, 0.717) is 19.1 Å². The van der Waals surface area contributed by atoms with Crippen molar-refractivity contribution in [2.24, 2.45) is 5.92 Å². The zero-order chi connectivity index (χ0) is 12.2. The zero-order valence-electron chi connectivity index (χ0n) is 11.1. The molecule has 0 spiro atoms. The van der Waals surface area contributed by atoms with Gasteiger partial charge >= 0.3 is 6.09 Å². The second-order valence-electron chi connectivity index (χ2n) is 4.68. The van der Waals surface area contributed by atoms with Crippen LogP contribution in [-0.4, -0.2) is 19.2 Å². The number of hydrogen-bond donors (Lipinski definition) is 1. The first-order valence-corrected chi connectivity index (χ1v) is 6.57. The number of carbonyl (C=O) groups excluding carboxylic acids is 1. The van der Waals surface area contributed by atoms with Gasteiger partial charge in [-0.3, -0.25) is 0 Å². The number of hydrogen-bond acceptors (Lipinski definition) is 2. The van der Waals surface area contributed by atoms with E-state index in [4.69, 9.17) is 4.74 Å². The topological polar surface area (TPSA) is 38.3 Å². The van der Waals surface area contributed by atoms with Crippen LogP contribution in [-0.2, 0) is 4.74 Å². The van der Waals surface area contributed by atoms with Crippen LogP contribution in [0.15, 0.2) is 0 Å². The quantitative estimate of drug-likeness (QED) is 0.612. The highest BCUT2D eigenvalue weighted by atomic mass is 16.5. The molecule has 3 heteroatoms. The third-order valence-corrected chi connectivity index (χ3v) is 2.39. The van der Waals surface area contributed by atoms with Gasteiger partial charge in [0, 0.05) is 6.54 Å². The summed E-state index contributed by atoms with van der Waals surface area (Å²) in [6, 6.07) is 0. The molecule has 16 heavy (non-hydrogen) atoms. The van der Waals surface area contributed by atoms with Crippen molar-refractivity contribution in [3.05, 3.63) is 0 Å². The average Bonchev–Trinajstić information content (AvgIpc) is 2.25. The Bertz CT molecular complexity index is 169. The average molecular weight is 229 g/mol. The minimum absolute atomic E-state index is 0.276. The monoisotopic (exact) mass is 229 g/mol. The Labute approximate surface area is 99.9 Å². The van der Waals surface area contributed by atoms with Crippen molar-refractivity contribution in [1.82, 2.24) is 5.32 Å². The third-order valence-electron chi connectivity index (χ3n) is 2.39. The Hall–Kier alpha value is -0.730. The van der Waals surface area contributed by atoms with Crippen molar-refractivity contribution in [1.29, 1.82) is 0 Å². The lowest BCUT2D eigenvalue weighted by atomic mass is 10.1. The first-order chi connectivity index (χ1) is 7.66. The van der Waals surface area contributed by atoms with E-state index in [1.54, 1.807) is 0 Å². The molecule has 0 aromatic heterocycles. The van der Waals surface area contributed by atoms with Gasteiger partial charge in [0.05, 0.1) is 6.61 Å². The van der Waals surface area contributed by atoms with E-state index in [9.17, 15) is 4.79 Å². The zero-order valence-corrected chi connectivity index (χ0v) is 11.1. The number of carbonyl (C=O) groups is 1. The van der Waals surface area contributed by atoms with Gasteiger partial charge in [-0.15, -0.1) is 0 Å². The van der Waals surface area contributed by atoms with Crippen LogP contribution < -0.4 is 5.32 Å². The Morgan fingerprint density at radius 2 is 1.75 bits per heavy atom. The Kier molecular flexibility index (Phi) is 10.3. The minimum Gasteiger partial charge on any atom is -0.450 e. The van der Waals surface area contributed by atoms with Gasteiger partial charge in [-0.2, -0.15) is 0 Å². The molecule has 0 radical (unpaired) electrons. The summed E-state index contributed by atoms with van der Waals surface area (Å²) in [4.78, 5) is 11.1. The number of amides is 1. The molecule has 0 aliphatic heterocycles. The molecule has 0 unspecified atom stereocenters. The van der Waals surface area contributed by atoms with Crippen LogP contribution in [0.1, 0.15) is 59.3 Å². The summed E-state index contributed by atoms with van der Waals surface area (Å²) < 4.78 is 5.05. The number of alkyl carbamates (subject to hydrolysis) is 1. The lowest BCUT2D eigenvalue weighted by molar-refractivity contribution is 0.142. The molecule has 3 nitrogen and oxygen atoms in total. The summed E-state index contributed by atoms with van der Waals surface area (Å²) in [5, 5.41) is 2.73. The molecule has 0 bridgehead atoms. The molecule has 0 aromatic rings. The molecule has 1 amide bonds. The SMILES string of the molecule is CCCCCCCCOC(=O)NCC(C)C. The number of rotatable bonds is 9. The predicted octanol–water partition coefficient (Wildman–Crippen LogP) is 3.73. The van der Waals surface area contributed by atoms with Gasteiger partial charge in [-0.05, 0) is 12.3 Å². The summed E-state index contributed by atoms with van der Waals surface area (Å²) in [7, 11) is 0. The Morgan fingerprint density at radius 3 is 2.38 bits per heavy atom. The number of nitrogens with one attached hydrogen (secondary N) is 1. The van der Waals surface area contributed by atoms with Crippen molar-refractivity contribution in [3.8, 4) is 0 Å². The minimum atomic E-state index is -0.276. The summed E-state index contributed by atoms with van der Waals surface area (Å²) in [6.07, 6.45) is 7.02. The molecular weight excluding hydrogens is 202 g/mol. The van der Waals surface area contributed by atoms with Gasteiger partial charge in [0.15, 0.2) is 0 Å². The van der Waals surface area contributed by atoms with E-state index in [1.807, 2.05) is 0 Å². The molecule has 0 aliphatic carbocycles. The van der Waals surface area contributed by atoms with Gasteiger partial charge in [0.25, 0.3) is 0 Å². The second-order valence-corrected chi connectivity index (χ2v) is 4.68. The van der Waals surface area contributed by atoms with Gasteiger partial charge < -0.3 is 10.1 Å². The maximum absolute atomic E-state index is 11.1. The maximum Gasteiger partial charge on any atom is 0.407 e. The van der Waals surface area contributed by atoms with Crippen LogP contribution in [0.2, 0.25) is 0 Å². The van der Waals surface area contributed by atoms with Crippen molar-refractivity contribution in [2.45, 2.75) is 59.3 Å². The smallest absolute Gasteiger partial charge is 0.407 e. The van der Waals surface area contributed by atoms with Gasteiger partial charge in [-0.1, -0.05) is 52.9 Å². The van der Waals surface area contributed by atoms with Crippen LogP contribution in [0.5, 0.6) is 0 Å². The fourth-order valence-electron chi connectivity index (χ4n) is 1.39. The van der Waals surface area contributed by atoms with Crippen molar-refractivity contribution in [2.75, 3.05) is 13.2 Å². The second kappa shape index (κ2) is 10.8.